The molecule has 0 aliphatic carbocycles. The number of benzene rings is 1. The van der Waals surface area contributed by atoms with Gasteiger partial charge in [-0.25, -0.2) is 4.21 Å². The summed E-state index contributed by atoms with van der Waals surface area (Å²) in [5, 5.41) is 0. The van der Waals surface area contributed by atoms with Gasteiger partial charge in [0.2, 0.25) is 0 Å². The van der Waals surface area contributed by atoms with Gasteiger partial charge in [-0.1, -0.05) is 12.1 Å². The van der Waals surface area contributed by atoms with Crippen molar-refractivity contribution in [3.8, 4) is 11.1 Å². The highest BCUT2D eigenvalue weighted by Gasteiger charge is 2.05. The van der Waals surface area contributed by atoms with Crippen LogP contribution >= 0.6 is 0 Å². The van der Waals surface area contributed by atoms with E-state index < -0.39 is 11.0 Å². The van der Waals surface area contributed by atoms with E-state index in [2.05, 4.69) is 4.72 Å². The molecule has 1 heterocycles. The van der Waals surface area contributed by atoms with Crippen LogP contribution in [-0.4, -0.2) is 15.0 Å². The lowest BCUT2D eigenvalue weighted by atomic mass is 10.0. The van der Waals surface area contributed by atoms with Crippen molar-refractivity contribution in [2.24, 2.45) is 7.05 Å². The Hall–Kier alpha value is -1.88. The number of anilines is 1. The number of hydrogen-bond acceptors (Lipinski definition) is 2. The van der Waals surface area contributed by atoms with Crippen LogP contribution in [0.5, 0.6) is 0 Å². The van der Waals surface area contributed by atoms with Crippen molar-refractivity contribution in [1.29, 1.82) is 0 Å². The second-order valence-corrected chi connectivity index (χ2v) is 5.57. The van der Waals surface area contributed by atoms with Gasteiger partial charge >= 0.3 is 0 Å². The Morgan fingerprint density at radius 3 is 2.68 bits per heavy atom. The third kappa shape index (κ3) is 3.12. The van der Waals surface area contributed by atoms with Crippen LogP contribution in [0.25, 0.3) is 11.1 Å². The molecule has 1 aromatic carbocycles. The van der Waals surface area contributed by atoms with E-state index in [0.29, 0.717) is 0 Å². The number of hydrogen-bond donors (Lipinski definition) is 1. The van der Waals surface area contributed by atoms with Gasteiger partial charge in [0, 0.05) is 36.8 Å². The van der Waals surface area contributed by atoms with Crippen LogP contribution in [0.2, 0.25) is 0 Å². The molecular weight excluding hydrogens is 260 g/mol. The Morgan fingerprint density at radius 1 is 1.26 bits per heavy atom. The number of nitrogens with one attached hydrogen (secondary N) is 1. The molecule has 2 aromatic rings. The van der Waals surface area contributed by atoms with Crippen LogP contribution < -0.4 is 10.3 Å². The topological polar surface area (TPSA) is 51.1 Å². The molecule has 1 atom stereocenters. The summed E-state index contributed by atoms with van der Waals surface area (Å²) >= 11 is 0. The molecule has 0 spiro atoms. The maximum absolute atomic E-state index is 11.5. The molecule has 0 saturated carbocycles. The predicted molar refractivity (Wildman–Crippen MR) is 79.5 cm³/mol. The Labute approximate surface area is 114 Å². The van der Waals surface area contributed by atoms with E-state index in [9.17, 15) is 9.00 Å². The highest BCUT2D eigenvalue weighted by atomic mass is 32.2. The fourth-order valence-electron chi connectivity index (χ4n) is 1.94. The summed E-state index contributed by atoms with van der Waals surface area (Å²) < 4.78 is 15.6. The normalized spacial score (nSPS) is 12.2. The molecule has 0 saturated heterocycles. The van der Waals surface area contributed by atoms with E-state index in [1.54, 1.807) is 23.9 Å². The van der Waals surface area contributed by atoms with Crippen molar-refractivity contribution in [3.05, 3.63) is 52.4 Å². The third-order valence-corrected chi connectivity index (χ3v) is 3.39. The predicted octanol–water partition coefficient (Wildman–Crippen LogP) is 2.07. The fourth-order valence-corrected chi connectivity index (χ4v) is 2.40. The average molecular weight is 276 g/mol. The lowest BCUT2D eigenvalue weighted by molar-refractivity contribution is 0.690. The van der Waals surface area contributed by atoms with E-state index in [-0.39, 0.29) is 5.56 Å². The molecule has 0 fully saturated rings. The van der Waals surface area contributed by atoms with Crippen LogP contribution in [-0.2, 0) is 18.0 Å². The summed E-state index contributed by atoms with van der Waals surface area (Å²) in [6, 6.07) is 9.27. The Bertz CT molecular complexity index is 692. The molecule has 100 valence electrons. The standard InChI is InChI=1S/C14H16N2O2S/c1-10-7-14(17)16(2)9-13(10)11-5-4-6-12(8-11)15-19(3)18/h4-9,15H,1-3H3. The number of nitrogens with zero attached hydrogens (tertiary/aromatic N) is 1. The monoisotopic (exact) mass is 276 g/mol. The second-order valence-electron chi connectivity index (χ2n) is 4.46. The minimum Gasteiger partial charge on any atom is -0.318 e. The molecule has 0 radical (unpaired) electrons. The van der Waals surface area contributed by atoms with Gasteiger partial charge in [-0.3, -0.25) is 4.79 Å². The van der Waals surface area contributed by atoms with Gasteiger partial charge in [0.1, 0.15) is 11.0 Å². The maximum atomic E-state index is 11.5. The van der Waals surface area contributed by atoms with Crippen molar-refractivity contribution in [2.45, 2.75) is 6.92 Å². The van der Waals surface area contributed by atoms with Crippen LogP contribution in [0.1, 0.15) is 5.56 Å². The van der Waals surface area contributed by atoms with Gasteiger partial charge in [0.25, 0.3) is 5.56 Å². The zero-order chi connectivity index (χ0) is 14.0. The van der Waals surface area contributed by atoms with Gasteiger partial charge < -0.3 is 9.29 Å². The first-order valence-electron chi connectivity index (χ1n) is 5.85. The first kappa shape index (κ1) is 13.5. The summed E-state index contributed by atoms with van der Waals surface area (Å²) in [4.78, 5) is 11.5. The van der Waals surface area contributed by atoms with Gasteiger partial charge in [-0.15, -0.1) is 0 Å². The van der Waals surface area contributed by atoms with Crippen molar-refractivity contribution in [2.75, 3.05) is 11.0 Å². The van der Waals surface area contributed by atoms with E-state index >= 15 is 0 Å². The minimum atomic E-state index is -1.10. The summed E-state index contributed by atoms with van der Waals surface area (Å²) in [7, 11) is 0.631. The van der Waals surface area contributed by atoms with Crippen molar-refractivity contribution in [3.63, 3.8) is 0 Å². The van der Waals surface area contributed by atoms with Crippen LogP contribution in [0.4, 0.5) is 5.69 Å². The molecule has 5 heteroatoms. The molecule has 4 nitrogen and oxygen atoms in total. The van der Waals surface area contributed by atoms with Crippen molar-refractivity contribution < 1.29 is 4.21 Å². The van der Waals surface area contributed by atoms with Gasteiger partial charge in [-0.2, -0.15) is 0 Å². The molecule has 1 unspecified atom stereocenters. The molecule has 1 aromatic heterocycles. The zero-order valence-electron chi connectivity index (χ0n) is 11.1. The third-order valence-electron chi connectivity index (χ3n) is 2.87. The number of pyridine rings is 1. The van der Waals surface area contributed by atoms with Crippen molar-refractivity contribution >= 4 is 16.7 Å². The van der Waals surface area contributed by atoms with Crippen LogP contribution in [0.3, 0.4) is 0 Å². The summed E-state index contributed by atoms with van der Waals surface area (Å²) in [6.07, 6.45) is 3.41. The fraction of sp³-hybridized carbons (Fsp3) is 0.214. The lowest BCUT2D eigenvalue weighted by Crippen LogP contribution is -2.15. The first-order valence-corrected chi connectivity index (χ1v) is 7.41. The highest BCUT2D eigenvalue weighted by molar-refractivity contribution is 7.85. The van der Waals surface area contributed by atoms with Crippen LogP contribution in [0.15, 0.2) is 41.3 Å². The molecule has 0 aliphatic heterocycles. The van der Waals surface area contributed by atoms with Gasteiger partial charge in [0.15, 0.2) is 0 Å². The Morgan fingerprint density at radius 2 is 2.00 bits per heavy atom. The molecular formula is C14H16N2O2S. The number of aromatic nitrogens is 1. The zero-order valence-corrected chi connectivity index (χ0v) is 12.0. The summed E-state index contributed by atoms with van der Waals surface area (Å²) in [5.41, 5.74) is 3.69. The average Bonchev–Trinajstić information content (AvgIpc) is 2.33. The molecule has 2 rings (SSSR count). The molecule has 19 heavy (non-hydrogen) atoms. The summed E-state index contributed by atoms with van der Waals surface area (Å²) in [6.45, 7) is 1.91. The van der Waals surface area contributed by atoms with E-state index in [1.807, 2.05) is 37.4 Å². The van der Waals surface area contributed by atoms with E-state index in [4.69, 9.17) is 0 Å². The summed E-state index contributed by atoms with van der Waals surface area (Å²) in [5.74, 6) is 0. The largest absolute Gasteiger partial charge is 0.318 e. The first-order chi connectivity index (χ1) is 8.97. The highest BCUT2D eigenvalue weighted by Crippen LogP contribution is 2.24. The van der Waals surface area contributed by atoms with E-state index in [0.717, 1.165) is 22.4 Å². The van der Waals surface area contributed by atoms with E-state index in [1.165, 1.54) is 0 Å². The lowest BCUT2D eigenvalue weighted by Gasteiger charge is -2.10. The number of rotatable bonds is 3. The Balaban J connectivity index is 2.50. The molecule has 0 aliphatic rings. The smallest absolute Gasteiger partial charge is 0.250 e. The second kappa shape index (κ2) is 5.40. The number of aryl methyl sites for hydroxylation is 2. The minimum absolute atomic E-state index is 0.0230. The van der Waals surface area contributed by atoms with Crippen molar-refractivity contribution in [1.82, 2.24) is 4.57 Å². The molecule has 0 amide bonds. The van der Waals surface area contributed by atoms with Crippen LogP contribution in [0, 0.1) is 6.92 Å². The quantitative estimate of drug-likeness (QED) is 0.933. The Kier molecular flexibility index (Phi) is 3.85. The van der Waals surface area contributed by atoms with Gasteiger partial charge in [-0.05, 0) is 30.2 Å². The van der Waals surface area contributed by atoms with Gasteiger partial charge in [0.05, 0.1) is 0 Å². The molecule has 1 N–H and O–H groups in total. The molecule has 0 bridgehead atoms. The maximum Gasteiger partial charge on any atom is 0.250 e. The SMILES string of the molecule is Cc1cc(=O)n(C)cc1-c1cccc(NS(C)=O)c1.